The van der Waals surface area contributed by atoms with Gasteiger partial charge >= 0.3 is 5.97 Å². The minimum absolute atomic E-state index is 0.0263. The van der Waals surface area contributed by atoms with Crippen LogP contribution in [-0.4, -0.2) is 17.9 Å². The monoisotopic (exact) mass is 398 g/mol. The first-order valence-electron chi connectivity index (χ1n) is 12.2. The van der Waals surface area contributed by atoms with Gasteiger partial charge in [0.25, 0.3) is 0 Å². The molecule has 0 bridgehead atoms. The quantitative estimate of drug-likeness (QED) is 0.502. The van der Waals surface area contributed by atoms with Gasteiger partial charge < -0.3 is 4.74 Å². The largest absolute Gasteiger partial charge is 0.462 e. The summed E-state index contributed by atoms with van der Waals surface area (Å²) in [6, 6.07) is 0. The molecular weight excluding hydrogens is 360 g/mol. The lowest BCUT2D eigenvalue weighted by Gasteiger charge is -2.62. The second-order valence-corrected chi connectivity index (χ2v) is 13.1. The van der Waals surface area contributed by atoms with E-state index in [1.807, 2.05) is 0 Å². The average Bonchev–Trinajstić information content (AvgIpc) is 3.23. The van der Waals surface area contributed by atoms with E-state index in [1.165, 1.54) is 32.1 Å². The Morgan fingerprint density at radius 1 is 0.897 bits per heavy atom. The highest BCUT2D eigenvalue weighted by atomic mass is 16.5. The minimum atomic E-state index is -0.137. The van der Waals surface area contributed by atoms with Crippen LogP contribution >= 0.6 is 0 Å². The highest BCUT2D eigenvalue weighted by molar-refractivity contribution is 5.86. The number of carbonyl (C=O) groups excluding carboxylic acids is 2. The van der Waals surface area contributed by atoms with Crippen LogP contribution in [0.5, 0.6) is 0 Å². The summed E-state index contributed by atoms with van der Waals surface area (Å²) in [6.07, 6.45) is 10.2. The van der Waals surface area contributed by atoms with Crippen LogP contribution in [0, 0.1) is 50.7 Å². The van der Waals surface area contributed by atoms with Gasteiger partial charge in [-0.2, -0.15) is 0 Å². The predicted octanol–water partition coefficient (Wildman–Crippen LogP) is 5.56. The summed E-state index contributed by atoms with van der Waals surface area (Å²) in [7, 11) is 0. The predicted molar refractivity (Wildman–Crippen MR) is 111 cm³/mol. The lowest BCUT2D eigenvalue weighted by atomic mass is 9.42. The molecule has 5 aliphatic carbocycles. The zero-order valence-corrected chi connectivity index (χ0v) is 19.0. The van der Waals surface area contributed by atoms with E-state index in [-0.39, 0.29) is 28.3 Å². The number of esters is 1. The molecule has 0 unspecified atom stereocenters. The molecule has 6 aliphatic rings. The molecule has 29 heavy (non-hydrogen) atoms. The smallest absolute Gasteiger partial charge is 0.306 e. The minimum Gasteiger partial charge on any atom is -0.462 e. The van der Waals surface area contributed by atoms with Crippen molar-refractivity contribution < 1.29 is 14.3 Å². The maximum absolute atomic E-state index is 12.8. The maximum Gasteiger partial charge on any atom is 0.306 e. The first-order valence-corrected chi connectivity index (χ1v) is 12.2. The lowest BCUT2D eigenvalue weighted by molar-refractivity contribution is -0.168. The van der Waals surface area contributed by atoms with Crippen molar-refractivity contribution >= 4 is 11.8 Å². The van der Waals surface area contributed by atoms with Gasteiger partial charge in [-0.05, 0) is 84.4 Å². The highest BCUT2D eigenvalue weighted by Crippen LogP contribution is 2.89. The molecule has 6 fully saturated rings. The standard InChI is InChI=1S/C26H38O3/c1-15-12-20(28)29-16-13-24(5)18-7-6-17-22(2,3)19(27)8-9-25(17)14-26(18,25)11-10-23(24,4)21(15)16/h15-18,21H,6-14H2,1-5H3/t15-,16-,17-,18+,21+,23-,24+,25+,26+/m1/s1. The van der Waals surface area contributed by atoms with E-state index < -0.39 is 0 Å². The lowest BCUT2D eigenvalue weighted by Crippen LogP contribution is -2.57. The molecule has 1 aliphatic heterocycles. The molecule has 160 valence electrons. The number of hydrogen-bond donors (Lipinski definition) is 0. The van der Waals surface area contributed by atoms with E-state index in [2.05, 4.69) is 34.6 Å². The van der Waals surface area contributed by atoms with Crippen LogP contribution in [0.3, 0.4) is 0 Å². The molecule has 3 heteroatoms. The number of carbonyl (C=O) groups is 2. The van der Waals surface area contributed by atoms with Gasteiger partial charge in [-0.1, -0.05) is 34.6 Å². The Morgan fingerprint density at radius 3 is 2.34 bits per heavy atom. The fourth-order valence-corrected chi connectivity index (χ4v) is 11.0. The van der Waals surface area contributed by atoms with Crippen molar-refractivity contribution in [1.82, 2.24) is 0 Å². The van der Waals surface area contributed by atoms with Gasteiger partial charge in [0.05, 0.1) is 0 Å². The van der Waals surface area contributed by atoms with Crippen LogP contribution in [0.2, 0.25) is 0 Å². The van der Waals surface area contributed by atoms with E-state index in [1.54, 1.807) is 0 Å². The summed E-state index contributed by atoms with van der Waals surface area (Å²) in [6.45, 7) is 11.9. The van der Waals surface area contributed by atoms with Crippen LogP contribution < -0.4 is 0 Å². The summed E-state index contributed by atoms with van der Waals surface area (Å²) >= 11 is 0. The van der Waals surface area contributed by atoms with E-state index >= 15 is 0 Å². The molecule has 5 saturated carbocycles. The van der Waals surface area contributed by atoms with Gasteiger partial charge in [-0.3, -0.25) is 9.59 Å². The first kappa shape index (κ1) is 18.9. The third kappa shape index (κ3) is 1.86. The van der Waals surface area contributed by atoms with Crippen LogP contribution in [-0.2, 0) is 14.3 Å². The second kappa shape index (κ2) is 5.13. The molecule has 6 rings (SSSR count). The molecule has 0 aromatic carbocycles. The fourth-order valence-electron chi connectivity index (χ4n) is 11.0. The summed E-state index contributed by atoms with van der Waals surface area (Å²) in [5.74, 6) is 2.83. The van der Waals surface area contributed by atoms with Crippen molar-refractivity contribution in [2.24, 2.45) is 50.7 Å². The molecule has 0 amide bonds. The van der Waals surface area contributed by atoms with Crippen molar-refractivity contribution in [3.8, 4) is 0 Å². The number of rotatable bonds is 0. The topological polar surface area (TPSA) is 43.4 Å². The van der Waals surface area contributed by atoms with Gasteiger partial charge in [-0.25, -0.2) is 0 Å². The van der Waals surface area contributed by atoms with E-state index in [0.29, 0.717) is 40.8 Å². The summed E-state index contributed by atoms with van der Waals surface area (Å²) in [5.41, 5.74) is 1.29. The molecule has 3 nitrogen and oxygen atoms in total. The Kier molecular flexibility index (Phi) is 3.34. The second-order valence-electron chi connectivity index (χ2n) is 13.1. The number of hydrogen-bond acceptors (Lipinski definition) is 3. The number of ketones is 1. The highest BCUT2D eigenvalue weighted by Gasteiger charge is 2.83. The van der Waals surface area contributed by atoms with E-state index in [4.69, 9.17) is 4.74 Å². The van der Waals surface area contributed by atoms with Crippen molar-refractivity contribution in [2.75, 3.05) is 0 Å². The molecule has 0 aromatic heterocycles. The third-order valence-corrected chi connectivity index (χ3v) is 12.3. The van der Waals surface area contributed by atoms with Gasteiger partial charge in [0, 0.05) is 24.2 Å². The zero-order chi connectivity index (χ0) is 20.6. The average molecular weight is 399 g/mol. The normalized spacial score (nSPS) is 59.6. The molecule has 0 aromatic rings. The van der Waals surface area contributed by atoms with Crippen molar-refractivity contribution in [3.63, 3.8) is 0 Å². The SMILES string of the molecule is C[C@@H]1CC(=O)O[C@@H]2C[C@@]3(C)[C@@H]4CC[C@@H]5C(C)(C)C(=O)CC[C@]56C[C@@]46CC[C@]3(C)[C@@H]12. The molecule has 2 spiro atoms. The van der Waals surface area contributed by atoms with Crippen molar-refractivity contribution in [1.29, 1.82) is 0 Å². The molecule has 0 N–H and O–H groups in total. The van der Waals surface area contributed by atoms with Crippen LogP contribution in [0.4, 0.5) is 0 Å². The molecule has 1 saturated heterocycles. The Morgan fingerprint density at radius 2 is 1.59 bits per heavy atom. The Labute approximate surface area is 175 Å². The Balaban J connectivity index is 1.41. The number of ether oxygens (including phenoxy) is 1. The van der Waals surface area contributed by atoms with E-state index in [9.17, 15) is 9.59 Å². The third-order valence-electron chi connectivity index (χ3n) is 12.3. The number of Topliss-reactive ketones (excluding diaryl/α,β-unsaturated/α-hetero) is 1. The summed E-state index contributed by atoms with van der Waals surface area (Å²) < 4.78 is 6.00. The maximum atomic E-state index is 12.8. The van der Waals surface area contributed by atoms with Gasteiger partial charge in [0.15, 0.2) is 0 Å². The van der Waals surface area contributed by atoms with Gasteiger partial charge in [-0.15, -0.1) is 0 Å². The first-order chi connectivity index (χ1) is 13.5. The van der Waals surface area contributed by atoms with Gasteiger partial charge in [0.1, 0.15) is 11.9 Å². The molecule has 1 heterocycles. The summed E-state index contributed by atoms with van der Waals surface area (Å²) in [4.78, 5) is 25.0. The van der Waals surface area contributed by atoms with E-state index in [0.717, 1.165) is 25.2 Å². The number of fused-ring (bicyclic) bond motifs is 4. The Bertz CT molecular complexity index is 815. The summed E-state index contributed by atoms with van der Waals surface area (Å²) in [5, 5.41) is 0. The Hall–Kier alpha value is -0.860. The van der Waals surface area contributed by atoms with Crippen molar-refractivity contribution in [2.45, 2.75) is 98.5 Å². The van der Waals surface area contributed by atoms with Crippen LogP contribution in [0.25, 0.3) is 0 Å². The molecule has 0 radical (unpaired) electrons. The fraction of sp³-hybridized carbons (Fsp3) is 0.923. The molecular formula is C26H38O3. The zero-order valence-electron chi connectivity index (χ0n) is 19.0. The van der Waals surface area contributed by atoms with Crippen LogP contribution in [0.1, 0.15) is 92.4 Å². The molecule has 9 atom stereocenters. The van der Waals surface area contributed by atoms with Gasteiger partial charge in [0.2, 0.25) is 0 Å². The van der Waals surface area contributed by atoms with Crippen molar-refractivity contribution in [3.05, 3.63) is 0 Å². The van der Waals surface area contributed by atoms with Crippen LogP contribution in [0.15, 0.2) is 0 Å².